The van der Waals surface area contributed by atoms with E-state index in [-0.39, 0.29) is 22.8 Å². The molecule has 27 heavy (non-hydrogen) atoms. The van der Waals surface area contributed by atoms with Crippen LogP contribution in [0.5, 0.6) is 11.5 Å². The molecule has 142 valence electrons. The summed E-state index contributed by atoms with van der Waals surface area (Å²) < 4.78 is 40.4. The number of rotatable bonds is 5. The van der Waals surface area contributed by atoms with Crippen LogP contribution in [0.4, 0.5) is 0 Å². The van der Waals surface area contributed by atoms with Crippen LogP contribution in [0.1, 0.15) is 20.7 Å². The molecule has 1 aliphatic rings. The van der Waals surface area contributed by atoms with Crippen LogP contribution in [0, 0.1) is 0 Å². The van der Waals surface area contributed by atoms with Crippen molar-refractivity contribution in [2.24, 2.45) is 0 Å². The summed E-state index contributed by atoms with van der Waals surface area (Å²) in [5.41, 5.74) is 2.07. The Morgan fingerprint density at radius 2 is 1.85 bits per heavy atom. The van der Waals surface area contributed by atoms with E-state index in [1.54, 1.807) is 0 Å². The van der Waals surface area contributed by atoms with Gasteiger partial charge in [0.15, 0.2) is 11.5 Å². The van der Waals surface area contributed by atoms with Crippen molar-refractivity contribution < 1.29 is 32.2 Å². The fraction of sp³-hybridized carbons (Fsp3) is 0.125. The van der Waals surface area contributed by atoms with Crippen LogP contribution >= 0.6 is 15.9 Å². The van der Waals surface area contributed by atoms with Crippen LogP contribution in [-0.2, 0) is 14.8 Å². The van der Waals surface area contributed by atoms with E-state index < -0.39 is 21.9 Å². The molecule has 11 heteroatoms. The second kappa shape index (κ2) is 7.55. The van der Waals surface area contributed by atoms with Gasteiger partial charge < -0.3 is 14.2 Å². The van der Waals surface area contributed by atoms with Gasteiger partial charge in [0.25, 0.3) is 15.9 Å². The zero-order valence-electron chi connectivity index (χ0n) is 13.8. The van der Waals surface area contributed by atoms with Gasteiger partial charge in [0.2, 0.25) is 6.79 Å². The second-order valence-electron chi connectivity index (χ2n) is 5.26. The quantitative estimate of drug-likeness (QED) is 0.517. The van der Waals surface area contributed by atoms with Crippen molar-refractivity contribution in [2.75, 3.05) is 13.9 Å². The first-order valence-electron chi connectivity index (χ1n) is 7.41. The SMILES string of the molecule is COC(=O)c1cc(Br)ccc1S(=O)(=O)NNC(=O)c1ccc2c(c1)OCO2. The summed E-state index contributed by atoms with van der Waals surface area (Å²) in [6.07, 6.45) is 0. The summed E-state index contributed by atoms with van der Waals surface area (Å²) in [5.74, 6) is -0.677. The van der Waals surface area contributed by atoms with Gasteiger partial charge in [0.1, 0.15) is 0 Å². The highest BCUT2D eigenvalue weighted by Gasteiger charge is 2.24. The fourth-order valence-electron chi connectivity index (χ4n) is 2.28. The van der Waals surface area contributed by atoms with E-state index in [0.29, 0.717) is 16.0 Å². The predicted octanol–water partition coefficient (Wildman–Crippen LogP) is 1.59. The summed E-state index contributed by atoms with van der Waals surface area (Å²) in [6.45, 7) is 0.0485. The van der Waals surface area contributed by atoms with Crippen LogP contribution in [0.2, 0.25) is 0 Å². The second-order valence-corrected chi connectivity index (χ2v) is 7.83. The first-order chi connectivity index (χ1) is 12.8. The summed E-state index contributed by atoms with van der Waals surface area (Å²) in [6, 6.07) is 8.38. The van der Waals surface area contributed by atoms with E-state index in [1.165, 1.54) is 36.4 Å². The third kappa shape index (κ3) is 4.04. The molecule has 2 N–H and O–H groups in total. The van der Waals surface area contributed by atoms with Crippen molar-refractivity contribution in [1.29, 1.82) is 0 Å². The van der Waals surface area contributed by atoms with Crippen molar-refractivity contribution in [3.05, 3.63) is 52.0 Å². The minimum atomic E-state index is -4.24. The molecule has 0 aromatic heterocycles. The van der Waals surface area contributed by atoms with Gasteiger partial charge in [0, 0.05) is 10.0 Å². The number of nitrogens with one attached hydrogen (secondary N) is 2. The topological polar surface area (TPSA) is 120 Å². The highest BCUT2D eigenvalue weighted by molar-refractivity contribution is 9.10. The minimum absolute atomic E-state index is 0.0485. The maximum atomic E-state index is 12.5. The van der Waals surface area contributed by atoms with Crippen LogP contribution in [-0.4, -0.2) is 34.2 Å². The molecule has 3 rings (SSSR count). The van der Waals surface area contributed by atoms with E-state index in [9.17, 15) is 18.0 Å². The molecule has 0 saturated heterocycles. The van der Waals surface area contributed by atoms with Gasteiger partial charge in [-0.15, -0.1) is 4.83 Å². The van der Waals surface area contributed by atoms with E-state index in [4.69, 9.17) is 9.47 Å². The summed E-state index contributed by atoms with van der Waals surface area (Å²) in [7, 11) is -3.10. The molecule has 1 heterocycles. The van der Waals surface area contributed by atoms with Crippen LogP contribution < -0.4 is 19.7 Å². The molecule has 0 aliphatic carbocycles. The average Bonchev–Trinajstić information content (AvgIpc) is 3.13. The summed E-state index contributed by atoms with van der Waals surface area (Å²) in [4.78, 5) is 25.7. The zero-order chi connectivity index (χ0) is 19.6. The minimum Gasteiger partial charge on any atom is -0.465 e. The van der Waals surface area contributed by atoms with Gasteiger partial charge in [0.05, 0.1) is 17.6 Å². The van der Waals surface area contributed by atoms with Crippen molar-refractivity contribution in [3.8, 4) is 11.5 Å². The molecule has 2 aromatic rings. The van der Waals surface area contributed by atoms with E-state index >= 15 is 0 Å². The van der Waals surface area contributed by atoms with Crippen LogP contribution in [0.15, 0.2) is 45.8 Å². The first kappa shape index (κ1) is 19.1. The van der Waals surface area contributed by atoms with Crippen molar-refractivity contribution in [1.82, 2.24) is 10.3 Å². The monoisotopic (exact) mass is 456 g/mol. The molecule has 0 bridgehead atoms. The number of carbonyl (C=O) groups is 2. The van der Waals surface area contributed by atoms with Crippen molar-refractivity contribution in [2.45, 2.75) is 4.90 Å². The number of methoxy groups -OCH3 is 1. The third-order valence-electron chi connectivity index (χ3n) is 3.57. The molecule has 0 spiro atoms. The largest absolute Gasteiger partial charge is 0.465 e. The highest BCUT2D eigenvalue weighted by atomic mass is 79.9. The Hall–Kier alpha value is -2.63. The van der Waals surface area contributed by atoms with Gasteiger partial charge in [-0.25, -0.2) is 13.2 Å². The molecule has 0 radical (unpaired) electrons. The molecule has 2 aromatic carbocycles. The van der Waals surface area contributed by atoms with E-state index in [1.807, 2.05) is 4.83 Å². The number of sulfonamides is 1. The van der Waals surface area contributed by atoms with Gasteiger partial charge in [-0.05, 0) is 36.4 Å². The lowest BCUT2D eigenvalue weighted by Gasteiger charge is -2.12. The Morgan fingerprint density at radius 3 is 2.59 bits per heavy atom. The number of halogens is 1. The maximum absolute atomic E-state index is 12.5. The first-order valence-corrected chi connectivity index (χ1v) is 9.69. The van der Waals surface area contributed by atoms with Gasteiger partial charge in [-0.3, -0.25) is 10.2 Å². The molecular weight excluding hydrogens is 444 g/mol. The molecule has 1 amide bonds. The number of hydrazine groups is 1. The average molecular weight is 457 g/mol. The van der Waals surface area contributed by atoms with Gasteiger partial charge in [-0.2, -0.15) is 0 Å². The number of benzene rings is 2. The normalized spacial score (nSPS) is 12.5. The zero-order valence-corrected chi connectivity index (χ0v) is 16.2. The summed E-state index contributed by atoms with van der Waals surface area (Å²) in [5, 5.41) is 0. The van der Waals surface area contributed by atoms with E-state index in [2.05, 4.69) is 26.1 Å². The molecule has 0 unspecified atom stereocenters. The third-order valence-corrected chi connectivity index (χ3v) is 5.37. The molecule has 0 atom stereocenters. The lowest BCUT2D eigenvalue weighted by atomic mass is 10.2. The van der Waals surface area contributed by atoms with Gasteiger partial charge >= 0.3 is 5.97 Å². The lowest BCUT2D eigenvalue weighted by Crippen LogP contribution is -2.42. The maximum Gasteiger partial charge on any atom is 0.339 e. The molecule has 1 aliphatic heterocycles. The number of esters is 1. The Kier molecular flexibility index (Phi) is 5.35. The Labute approximate surface area is 162 Å². The Morgan fingerprint density at radius 1 is 1.11 bits per heavy atom. The van der Waals surface area contributed by atoms with Crippen LogP contribution in [0.3, 0.4) is 0 Å². The number of hydrogen-bond donors (Lipinski definition) is 2. The van der Waals surface area contributed by atoms with Crippen molar-refractivity contribution >= 4 is 37.8 Å². The van der Waals surface area contributed by atoms with Crippen molar-refractivity contribution in [3.63, 3.8) is 0 Å². The molecule has 0 fully saturated rings. The number of fused-ring (bicyclic) bond motifs is 1. The number of ether oxygens (including phenoxy) is 3. The Balaban J connectivity index is 1.79. The molecule has 0 saturated carbocycles. The summed E-state index contributed by atoms with van der Waals surface area (Å²) >= 11 is 3.16. The highest BCUT2D eigenvalue weighted by Crippen LogP contribution is 2.32. The van der Waals surface area contributed by atoms with Gasteiger partial charge in [-0.1, -0.05) is 15.9 Å². The molecular formula is C16H13BrN2O7S. The van der Waals surface area contributed by atoms with Crippen LogP contribution in [0.25, 0.3) is 0 Å². The fourth-order valence-corrected chi connectivity index (χ4v) is 3.66. The number of hydrogen-bond acceptors (Lipinski definition) is 7. The Bertz CT molecular complexity index is 1020. The predicted molar refractivity (Wildman–Crippen MR) is 95.8 cm³/mol. The number of carbonyl (C=O) groups excluding carboxylic acids is 2. The number of amides is 1. The standard InChI is InChI=1S/C16H13BrN2O7S/c1-24-16(21)11-7-10(17)3-5-14(11)27(22,23)19-18-15(20)9-2-4-12-13(6-9)26-8-25-12/h2-7,19H,8H2,1H3,(H,18,20). The molecule has 9 nitrogen and oxygen atoms in total. The lowest BCUT2D eigenvalue weighted by molar-refractivity contribution is 0.0596. The smallest absolute Gasteiger partial charge is 0.339 e. The van der Waals surface area contributed by atoms with E-state index in [0.717, 1.165) is 7.11 Å².